The molecule has 0 heterocycles. The minimum Gasteiger partial charge on any atom is -0.385 e. The highest BCUT2D eigenvalue weighted by Gasteiger charge is 2.06. The van der Waals surface area contributed by atoms with E-state index in [1.807, 2.05) is 30.3 Å². The van der Waals surface area contributed by atoms with Crippen molar-refractivity contribution in [2.24, 2.45) is 0 Å². The highest BCUT2D eigenvalue weighted by Crippen LogP contribution is 2.25. The van der Waals surface area contributed by atoms with Crippen LogP contribution in [0, 0.1) is 0 Å². The lowest BCUT2D eigenvalue weighted by molar-refractivity contribution is -0.115. The van der Waals surface area contributed by atoms with E-state index in [0.717, 1.165) is 5.69 Å². The molecule has 0 aromatic heterocycles. The average molecular weight is 309 g/mol. The maximum atomic E-state index is 11.8. The van der Waals surface area contributed by atoms with Gasteiger partial charge in [-0.25, -0.2) is 0 Å². The van der Waals surface area contributed by atoms with Crippen molar-refractivity contribution < 1.29 is 4.79 Å². The van der Waals surface area contributed by atoms with Crippen molar-refractivity contribution in [3.8, 4) is 0 Å². The SMILES string of the molecule is O=C(CCNc1ccccc1)Nc1ccc(Cl)cc1Cl. The summed E-state index contributed by atoms with van der Waals surface area (Å²) in [6.07, 6.45) is 0.355. The van der Waals surface area contributed by atoms with Crippen LogP contribution in [-0.2, 0) is 4.79 Å². The van der Waals surface area contributed by atoms with Gasteiger partial charge < -0.3 is 10.6 Å². The van der Waals surface area contributed by atoms with Gasteiger partial charge in [-0.2, -0.15) is 0 Å². The molecule has 0 saturated carbocycles. The molecular weight excluding hydrogens is 295 g/mol. The van der Waals surface area contributed by atoms with Crippen LogP contribution in [0.1, 0.15) is 6.42 Å². The molecule has 0 fully saturated rings. The number of hydrogen-bond donors (Lipinski definition) is 2. The fourth-order valence-electron chi connectivity index (χ4n) is 1.68. The van der Waals surface area contributed by atoms with Crippen molar-refractivity contribution >= 4 is 40.5 Å². The molecule has 2 N–H and O–H groups in total. The summed E-state index contributed by atoms with van der Waals surface area (Å²) < 4.78 is 0. The van der Waals surface area contributed by atoms with Gasteiger partial charge in [-0.3, -0.25) is 4.79 Å². The Morgan fingerprint density at radius 3 is 2.50 bits per heavy atom. The van der Waals surface area contributed by atoms with E-state index in [2.05, 4.69) is 10.6 Å². The van der Waals surface area contributed by atoms with Crippen LogP contribution < -0.4 is 10.6 Å². The first kappa shape index (κ1) is 14.7. The first-order valence-corrected chi connectivity index (χ1v) is 6.94. The summed E-state index contributed by atoms with van der Waals surface area (Å²) in [6.45, 7) is 0.557. The number of rotatable bonds is 5. The van der Waals surface area contributed by atoms with Gasteiger partial charge in [-0.15, -0.1) is 0 Å². The molecule has 0 aliphatic carbocycles. The molecule has 2 rings (SSSR count). The molecule has 5 heteroatoms. The number of para-hydroxylation sites is 1. The second kappa shape index (κ2) is 7.17. The highest BCUT2D eigenvalue weighted by atomic mass is 35.5. The lowest BCUT2D eigenvalue weighted by Crippen LogP contribution is -2.16. The molecular formula is C15H14Cl2N2O. The number of hydrogen-bond acceptors (Lipinski definition) is 2. The smallest absolute Gasteiger partial charge is 0.226 e. The van der Waals surface area contributed by atoms with Gasteiger partial charge in [0.2, 0.25) is 5.91 Å². The number of nitrogens with one attached hydrogen (secondary N) is 2. The first-order chi connectivity index (χ1) is 9.65. The maximum absolute atomic E-state index is 11.8. The second-order valence-electron chi connectivity index (χ2n) is 4.22. The molecule has 0 saturated heterocycles. The third-order valence-corrected chi connectivity index (χ3v) is 3.21. The monoisotopic (exact) mass is 308 g/mol. The molecule has 0 bridgehead atoms. The summed E-state index contributed by atoms with van der Waals surface area (Å²) in [4.78, 5) is 11.8. The van der Waals surface area contributed by atoms with Gasteiger partial charge in [0.15, 0.2) is 0 Å². The fraction of sp³-hybridized carbons (Fsp3) is 0.133. The first-order valence-electron chi connectivity index (χ1n) is 6.19. The van der Waals surface area contributed by atoms with Crippen LogP contribution in [0.3, 0.4) is 0 Å². The van der Waals surface area contributed by atoms with Crippen LogP contribution in [0.2, 0.25) is 10.0 Å². The molecule has 104 valence electrons. The van der Waals surface area contributed by atoms with Crippen LogP contribution in [0.25, 0.3) is 0 Å². The summed E-state index contributed by atoms with van der Waals surface area (Å²) in [5, 5.41) is 6.90. The van der Waals surface area contributed by atoms with Crippen LogP contribution in [-0.4, -0.2) is 12.5 Å². The van der Waals surface area contributed by atoms with Gasteiger partial charge in [-0.05, 0) is 30.3 Å². The maximum Gasteiger partial charge on any atom is 0.226 e. The predicted octanol–water partition coefficient (Wildman–Crippen LogP) is 4.43. The van der Waals surface area contributed by atoms with Crippen molar-refractivity contribution in [2.45, 2.75) is 6.42 Å². The van der Waals surface area contributed by atoms with Gasteiger partial charge >= 0.3 is 0 Å². The number of benzene rings is 2. The Labute approximate surface area is 127 Å². The van der Waals surface area contributed by atoms with E-state index >= 15 is 0 Å². The standard InChI is InChI=1S/C15H14Cl2N2O/c16-11-6-7-14(13(17)10-11)19-15(20)8-9-18-12-4-2-1-3-5-12/h1-7,10,18H,8-9H2,(H,19,20). The van der Waals surface area contributed by atoms with Gasteiger partial charge in [0.25, 0.3) is 0 Å². The third kappa shape index (κ3) is 4.44. The van der Waals surface area contributed by atoms with Crippen molar-refractivity contribution in [2.75, 3.05) is 17.2 Å². The van der Waals surface area contributed by atoms with E-state index in [4.69, 9.17) is 23.2 Å². The molecule has 0 atom stereocenters. The zero-order valence-electron chi connectivity index (χ0n) is 10.7. The average Bonchev–Trinajstić information content (AvgIpc) is 2.43. The number of amides is 1. The molecule has 2 aromatic rings. The van der Waals surface area contributed by atoms with E-state index in [1.165, 1.54) is 0 Å². The summed E-state index contributed by atoms with van der Waals surface area (Å²) in [7, 11) is 0. The van der Waals surface area contributed by atoms with Gasteiger partial charge in [0.05, 0.1) is 10.7 Å². The topological polar surface area (TPSA) is 41.1 Å². The van der Waals surface area contributed by atoms with Crippen LogP contribution >= 0.6 is 23.2 Å². The molecule has 2 aromatic carbocycles. The zero-order chi connectivity index (χ0) is 14.4. The highest BCUT2D eigenvalue weighted by molar-refractivity contribution is 6.36. The number of halogens is 2. The third-order valence-electron chi connectivity index (χ3n) is 2.66. The van der Waals surface area contributed by atoms with E-state index in [-0.39, 0.29) is 5.91 Å². The molecule has 20 heavy (non-hydrogen) atoms. The summed E-state index contributed by atoms with van der Waals surface area (Å²) in [5.74, 6) is -0.0994. The summed E-state index contributed by atoms with van der Waals surface area (Å²) in [5.41, 5.74) is 1.56. The zero-order valence-corrected chi connectivity index (χ0v) is 12.2. The number of carbonyl (C=O) groups is 1. The lowest BCUT2D eigenvalue weighted by Gasteiger charge is -2.09. The van der Waals surface area contributed by atoms with E-state index in [0.29, 0.717) is 28.7 Å². The molecule has 1 amide bonds. The minimum atomic E-state index is -0.0994. The Morgan fingerprint density at radius 1 is 1.05 bits per heavy atom. The lowest BCUT2D eigenvalue weighted by atomic mass is 10.3. The van der Waals surface area contributed by atoms with Crippen LogP contribution in [0.4, 0.5) is 11.4 Å². The van der Waals surface area contributed by atoms with Crippen LogP contribution in [0.15, 0.2) is 48.5 Å². The van der Waals surface area contributed by atoms with Crippen molar-refractivity contribution in [1.82, 2.24) is 0 Å². The van der Waals surface area contributed by atoms with E-state index in [1.54, 1.807) is 18.2 Å². The largest absolute Gasteiger partial charge is 0.385 e. The summed E-state index contributed by atoms with van der Waals surface area (Å²) in [6, 6.07) is 14.7. The van der Waals surface area contributed by atoms with Crippen molar-refractivity contribution in [3.63, 3.8) is 0 Å². The van der Waals surface area contributed by atoms with Gasteiger partial charge in [0.1, 0.15) is 0 Å². The number of anilines is 2. The normalized spacial score (nSPS) is 10.1. The Bertz CT molecular complexity index is 588. The number of carbonyl (C=O) groups excluding carboxylic acids is 1. The molecule has 3 nitrogen and oxygen atoms in total. The predicted molar refractivity (Wildman–Crippen MR) is 84.6 cm³/mol. The minimum absolute atomic E-state index is 0.0994. The fourth-order valence-corrected chi connectivity index (χ4v) is 2.14. The Hall–Kier alpha value is -1.71. The molecule has 0 spiro atoms. The Morgan fingerprint density at radius 2 is 1.80 bits per heavy atom. The molecule has 0 radical (unpaired) electrons. The molecule has 0 unspecified atom stereocenters. The van der Waals surface area contributed by atoms with Crippen molar-refractivity contribution in [3.05, 3.63) is 58.6 Å². The van der Waals surface area contributed by atoms with E-state index < -0.39 is 0 Å². The molecule has 0 aliphatic rings. The second-order valence-corrected chi connectivity index (χ2v) is 5.06. The molecule has 0 aliphatic heterocycles. The van der Waals surface area contributed by atoms with Crippen molar-refractivity contribution in [1.29, 1.82) is 0 Å². The Kier molecular flexibility index (Phi) is 5.27. The quantitative estimate of drug-likeness (QED) is 0.857. The van der Waals surface area contributed by atoms with E-state index in [9.17, 15) is 4.79 Å². The summed E-state index contributed by atoms with van der Waals surface area (Å²) >= 11 is 11.8. The van der Waals surface area contributed by atoms with Gasteiger partial charge in [-0.1, -0.05) is 41.4 Å². The van der Waals surface area contributed by atoms with Gasteiger partial charge in [0, 0.05) is 23.7 Å². The van der Waals surface area contributed by atoms with Crippen LogP contribution in [0.5, 0.6) is 0 Å². The Balaban J connectivity index is 1.81.